The van der Waals surface area contributed by atoms with Crippen molar-refractivity contribution in [3.63, 3.8) is 0 Å². The van der Waals surface area contributed by atoms with Crippen LogP contribution in [-0.4, -0.2) is 48.6 Å². The number of phosphoric acid groups is 1. The van der Waals surface area contributed by atoms with Gasteiger partial charge in [0.25, 0.3) is 0 Å². The largest absolute Gasteiger partial charge is 0.494 e. The number of nitrogens with zero attached hydrogens (tertiary/aromatic N) is 1. The number of rotatable bonds is 24. The van der Waals surface area contributed by atoms with Gasteiger partial charge in [-0.15, -0.1) is 0 Å². The van der Waals surface area contributed by atoms with Gasteiger partial charge in [0.2, 0.25) is 0 Å². The van der Waals surface area contributed by atoms with Crippen molar-refractivity contribution in [1.29, 1.82) is 0 Å². The molecule has 0 fully saturated rings. The Bertz CT molecular complexity index is 825. The molecule has 0 heterocycles. The van der Waals surface area contributed by atoms with Gasteiger partial charge in [-0.05, 0) is 70.3 Å². The average molecular weight is 570 g/mol. The van der Waals surface area contributed by atoms with Crippen molar-refractivity contribution in [3.05, 3.63) is 29.8 Å². The predicted molar refractivity (Wildman–Crippen MR) is 160 cm³/mol. The summed E-state index contributed by atoms with van der Waals surface area (Å²) in [4.78, 5) is 24.1. The van der Waals surface area contributed by atoms with Gasteiger partial charge in [-0.1, -0.05) is 90.7 Å². The van der Waals surface area contributed by atoms with Crippen LogP contribution in [0.2, 0.25) is 0 Å². The van der Waals surface area contributed by atoms with Crippen LogP contribution in [0.4, 0.5) is 0 Å². The lowest BCUT2D eigenvalue weighted by Gasteiger charge is -2.38. The molecule has 1 rings (SSSR count). The molecule has 1 aromatic rings. The smallest absolute Gasteiger partial charge is 0.473 e. The predicted octanol–water partition coefficient (Wildman–Crippen LogP) is 8.34. The summed E-state index contributed by atoms with van der Waals surface area (Å²) in [6.45, 7) is 8.27. The van der Waals surface area contributed by atoms with Gasteiger partial charge in [0.1, 0.15) is 17.3 Å². The van der Waals surface area contributed by atoms with E-state index < -0.39 is 13.5 Å². The lowest BCUT2D eigenvalue weighted by atomic mass is 9.95. The molecule has 0 amide bonds. The fraction of sp³-hybridized carbons (Fsp3) is 0.774. The summed E-state index contributed by atoms with van der Waals surface area (Å²) in [7, 11) is -0.684. The summed E-state index contributed by atoms with van der Waals surface area (Å²) < 4.78 is 29.7. The van der Waals surface area contributed by atoms with Crippen LogP contribution in [-0.2, 0) is 24.8 Å². The molecule has 226 valence electrons. The number of ether oxygens (including phenoxy) is 1. The summed E-state index contributed by atoms with van der Waals surface area (Å²) in [6, 6.07) is 7.87. The Balaban J connectivity index is 2.47. The molecule has 2 atom stereocenters. The normalized spacial score (nSPS) is 14.4. The Kier molecular flexibility index (Phi) is 18.1. The van der Waals surface area contributed by atoms with E-state index in [4.69, 9.17) is 13.8 Å². The summed E-state index contributed by atoms with van der Waals surface area (Å²) in [5.74, 6) is 0.613. The SMILES string of the molecule is CCCCCCCCCCCCOc1ccc(CC(COP(=O)(O)OC(CC)(CC)N(C)C)CC(C)=O)cc1. The monoisotopic (exact) mass is 569 g/mol. The Hall–Kier alpha value is -1.24. The van der Waals surface area contributed by atoms with Crippen LogP contribution in [0.5, 0.6) is 5.75 Å². The molecule has 8 heteroatoms. The molecular weight excluding hydrogens is 513 g/mol. The van der Waals surface area contributed by atoms with Gasteiger partial charge in [-0.2, -0.15) is 0 Å². The molecule has 0 aliphatic carbocycles. The zero-order chi connectivity index (χ0) is 29.2. The molecule has 0 radical (unpaired) electrons. The third kappa shape index (κ3) is 15.4. The van der Waals surface area contributed by atoms with Crippen molar-refractivity contribution in [2.24, 2.45) is 5.92 Å². The second-order valence-electron chi connectivity index (χ2n) is 11.1. The zero-order valence-electron chi connectivity index (χ0n) is 25.6. The van der Waals surface area contributed by atoms with Gasteiger partial charge in [0.05, 0.1) is 13.2 Å². The maximum absolute atomic E-state index is 12.8. The van der Waals surface area contributed by atoms with Gasteiger partial charge in [0.15, 0.2) is 0 Å². The lowest BCUT2D eigenvalue weighted by molar-refractivity contribution is -0.118. The molecule has 39 heavy (non-hydrogen) atoms. The fourth-order valence-electron chi connectivity index (χ4n) is 4.97. The van der Waals surface area contributed by atoms with Crippen LogP contribution in [0.15, 0.2) is 24.3 Å². The van der Waals surface area contributed by atoms with Gasteiger partial charge in [-0.3, -0.25) is 13.9 Å². The van der Waals surface area contributed by atoms with E-state index in [0.29, 0.717) is 25.9 Å². The maximum Gasteiger partial charge on any atom is 0.473 e. The number of phosphoric ester groups is 1. The molecule has 0 aliphatic rings. The number of hydrogen-bond acceptors (Lipinski definition) is 6. The molecule has 7 nitrogen and oxygen atoms in total. The van der Waals surface area contributed by atoms with E-state index in [-0.39, 0.29) is 24.7 Å². The standard InChI is InChI=1S/C31H56NO6P/c1-7-10-11-12-13-14-15-16-17-18-23-36-30-21-19-28(20-22-30)25-29(24-27(4)33)26-37-39(34,35)38-31(8-2,9-3)32(5)6/h19-22,29H,7-18,23-26H2,1-6H3,(H,34,35). The Morgan fingerprint density at radius 2 is 1.46 bits per heavy atom. The quantitative estimate of drug-likeness (QED) is 0.0761. The number of carbonyl (C=O) groups excluding carboxylic acids is 1. The van der Waals surface area contributed by atoms with Crippen LogP contribution in [0.3, 0.4) is 0 Å². The summed E-state index contributed by atoms with van der Waals surface area (Å²) in [5, 5.41) is 0. The highest BCUT2D eigenvalue weighted by atomic mass is 31.2. The number of benzene rings is 1. The van der Waals surface area contributed by atoms with E-state index in [0.717, 1.165) is 17.7 Å². The molecule has 0 aromatic heterocycles. The minimum atomic E-state index is -4.32. The van der Waals surface area contributed by atoms with Crippen LogP contribution in [0, 0.1) is 5.92 Å². The van der Waals surface area contributed by atoms with E-state index >= 15 is 0 Å². The number of unbranched alkanes of at least 4 members (excludes halogenated alkanes) is 9. The number of carbonyl (C=O) groups is 1. The molecule has 0 aliphatic heterocycles. The lowest BCUT2D eigenvalue weighted by Crippen LogP contribution is -2.45. The van der Waals surface area contributed by atoms with E-state index in [1.807, 2.05) is 52.2 Å². The van der Waals surface area contributed by atoms with Gasteiger partial charge < -0.3 is 14.4 Å². The summed E-state index contributed by atoms with van der Waals surface area (Å²) in [6.07, 6.45) is 14.9. The average Bonchev–Trinajstić information content (AvgIpc) is 2.89. The van der Waals surface area contributed by atoms with Crippen molar-refractivity contribution in [3.8, 4) is 5.75 Å². The van der Waals surface area contributed by atoms with Crippen molar-refractivity contribution in [2.45, 2.75) is 123 Å². The fourth-order valence-corrected chi connectivity index (χ4v) is 6.27. The molecule has 1 N–H and O–H groups in total. The molecule has 1 aromatic carbocycles. The van der Waals surface area contributed by atoms with Crippen LogP contribution >= 0.6 is 7.82 Å². The first-order valence-electron chi connectivity index (χ1n) is 15.1. The van der Waals surface area contributed by atoms with Crippen molar-refractivity contribution >= 4 is 13.6 Å². The second kappa shape index (κ2) is 19.8. The number of ketones is 1. The van der Waals surface area contributed by atoms with Crippen molar-refractivity contribution in [1.82, 2.24) is 4.90 Å². The zero-order valence-corrected chi connectivity index (χ0v) is 26.5. The highest BCUT2D eigenvalue weighted by Gasteiger charge is 2.39. The highest BCUT2D eigenvalue weighted by Crippen LogP contribution is 2.50. The van der Waals surface area contributed by atoms with Crippen molar-refractivity contribution < 1.29 is 28.0 Å². The third-order valence-electron chi connectivity index (χ3n) is 7.47. The van der Waals surface area contributed by atoms with E-state index in [1.54, 1.807) is 4.90 Å². The topological polar surface area (TPSA) is 85.3 Å². The molecule has 2 unspecified atom stereocenters. The molecular formula is C31H56NO6P. The third-order valence-corrected chi connectivity index (χ3v) is 8.52. The van der Waals surface area contributed by atoms with Gasteiger partial charge in [-0.25, -0.2) is 4.57 Å². The first-order valence-corrected chi connectivity index (χ1v) is 16.6. The molecule has 0 spiro atoms. The first kappa shape index (κ1) is 35.8. The minimum Gasteiger partial charge on any atom is -0.494 e. The van der Waals surface area contributed by atoms with E-state index in [1.165, 1.54) is 64.7 Å². The van der Waals surface area contributed by atoms with Crippen LogP contribution in [0.25, 0.3) is 0 Å². The second-order valence-corrected chi connectivity index (χ2v) is 12.4. The van der Waals surface area contributed by atoms with Crippen molar-refractivity contribution in [2.75, 3.05) is 27.3 Å². The van der Waals surface area contributed by atoms with E-state index in [9.17, 15) is 14.3 Å². The van der Waals surface area contributed by atoms with Crippen LogP contribution < -0.4 is 4.74 Å². The van der Waals surface area contributed by atoms with Crippen LogP contribution in [0.1, 0.15) is 117 Å². The number of Topliss-reactive ketones (excluding diaryl/α,β-unsaturated/α-hetero) is 1. The number of hydrogen-bond donors (Lipinski definition) is 1. The Morgan fingerprint density at radius 3 is 1.95 bits per heavy atom. The summed E-state index contributed by atoms with van der Waals surface area (Å²) in [5.41, 5.74) is 0.138. The molecule has 0 saturated carbocycles. The summed E-state index contributed by atoms with van der Waals surface area (Å²) >= 11 is 0. The Morgan fingerprint density at radius 1 is 0.923 bits per heavy atom. The van der Waals surface area contributed by atoms with E-state index in [2.05, 4.69) is 6.92 Å². The van der Waals surface area contributed by atoms with Gasteiger partial charge >= 0.3 is 7.82 Å². The highest BCUT2D eigenvalue weighted by molar-refractivity contribution is 7.47. The first-order chi connectivity index (χ1) is 18.6. The minimum absolute atomic E-state index is 0.0125. The molecule has 0 bridgehead atoms. The van der Waals surface area contributed by atoms with Gasteiger partial charge in [0, 0.05) is 6.42 Å². The molecule has 0 saturated heterocycles. The Labute approximate surface area is 238 Å². The maximum atomic E-state index is 12.8.